The normalized spacial score (nSPS) is 14.8. The fourth-order valence-electron chi connectivity index (χ4n) is 3.08. The van der Waals surface area contributed by atoms with Crippen molar-refractivity contribution in [3.8, 4) is 0 Å². The Bertz CT molecular complexity index is 870. The summed E-state index contributed by atoms with van der Waals surface area (Å²) >= 11 is 0. The number of carboxylic acid groups (broad SMARTS) is 1. The smallest absolute Gasteiger partial charge is 0.335 e. The van der Waals surface area contributed by atoms with Gasteiger partial charge in [0.2, 0.25) is 5.91 Å². The largest absolute Gasteiger partial charge is 0.478 e. The number of nitrogens with one attached hydrogen (secondary N) is 1. The van der Waals surface area contributed by atoms with Gasteiger partial charge in [0, 0.05) is 24.6 Å². The number of likely N-dealkylation sites (tertiary alicyclic amines) is 1. The molecule has 0 radical (unpaired) electrons. The second-order valence-electron chi connectivity index (χ2n) is 6.59. The summed E-state index contributed by atoms with van der Waals surface area (Å²) in [6.45, 7) is 1.07. The molecule has 7 nitrogen and oxygen atoms in total. The van der Waals surface area contributed by atoms with E-state index in [-0.39, 0.29) is 23.3 Å². The van der Waals surface area contributed by atoms with Gasteiger partial charge < -0.3 is 10.0 Å². The van der Waals surface area contributed by atoms with E-state index in [4.69, 9.17) is 5.11 Å². The van der Waals surface area contributed by atoms with Gasteiger partial charge in [0.1, 0.15) is 0 Å². The van der Waals surface area contributed by atoms with E-state index in [9.17, 15) is 14.4 Å². The number of piperidine rings is 1. The molecule has 2 aromatic carbocycles. The minimum atomic E-state index is -0.992. The van der Waals surface area contributed by atoms with E-state index in [1.165, 1.54) is 18.3 Å². The van der Waals surface area contributed by atoms with Crippen LogP contribution >= 0.6 is 0 Å². The Labute approximate surface area is 162 Å². The molecule has 7 heteroatoms. The molecule has 1 heterocycles. The van der Waals surface area contributed by atoms with Gasteiger partial charge in [0.15, 0.2) is 0 Å². The Morgan fingerprint density at radius 2 is 1.61 bits per heavy atom. The van der Waals surface area contributed by atoms with Crippen LogP contribution in [0, 0.1) is 5.92 Å². The molecule has 1 aliphatic rings. The summed E-state index contributed by atoms with van der Waals surface area (Å²) in [4.78, 5) is 37.3. The first-order valence-electron chi connectivity index (χ1n) is 9.05. The zero-order chi connectivity index (χ0) is 19.9. The quantitative estimate of drug-likeness (QED) is 0.615. The molecule has 2 N–H and O–H groups in total. The lowest BCUT2D eigenvalue weighted by molar-refractivity contribution is -0.126. The van der Waals surface area contributed by atoms with Crippen molar-refractivity contribution in [1.29, 1.82) is 0 Å². The molecular weight excluding hydrogens is 358 g/mol. The minimum absolute atomic E-state index is 0.0118. The molecule has 144 valence electrons. The van der Waals surface area contributed by atoms with Crippen LogP contribution in [-0.4, -0.2) is 47.1 Å². The fraction of sp³-hybridized carbons (Fsp3) is 0.238. The van der Waals surface area contributed by atoms with Gasteiger partial charge in [-0.05, 0) is 42.7 Å². The number of hydrogen-bond donors (Lipinski definition) is 2. The minimum Gasteiger partial charge on any atom is -0.478 e. The molecule has 2 aromatic rings. The van der Waals surface area contributed by atoms with E-state index in [1.807, 2.05) is 18.2 Å². The molecule has 1 saturated heterocycles. The van der Waals surface area contributed by atoms with Gasteiger partial charge in [-0.3, -0.25) is 9.59 Å². The van der Waals surface area contributed by atoms with Gasteiger partial charge in [-0.15, -0.1) is 0 Å². The summed E-state index contributed by atoms with van der Waals surface area (Å²) in [6.07, 6.45) is 2.65. The molecule has 1 fully saturated rings. The van der Waals surface area contributed by atoms with Crippen molar-refractivity contribution in [2.75, 3.05) is 13.1 Å². The van der Waals surface area contributed by atoms with E-state index in [0.717, 1.165) is 0 Å². The van der Waals surface area contributed by atoms with E-state index < -0.39 is 5.97 Å². The van der Waals surface area contributed by atoms with Gasteiger partial charge in [-0.1, -0.05) is 30.3 Å². The molecule has 0 unspecified atom stereocenters. The van der Waals surface area contributed by atoms with E-state index in [2.05, 4.69) is 10.5 Å². The molecule has 0 spiro atoms. The summed E-state index contributed by atoms with van der Waals surface area (Å²) in [5.41, 5.74) is 4.06. The number of aromatic carboxylic acids is 1. The second-order valence-corrected chi connectivity index (χ2v) is 6.59. The van der Waals surface area contributed by atoms with Crippen LogP contribution in [0.1, 0.15) is 39.1 Å². The lowest BCUT2D eigenvalue weighted by Crippen LogP contribution is -2.42. The molecule has 0 bridgehead atoms. The lowest BCUT2D eigenvalue weighted by Gasteiger charge is -2.31. The second kappa shape index (κ2) is 8.94. The molecule has 0 saturated carbocycles. The van der Waals surface area contributed by atoms with Crippen molar-refractivity contribution in [3.05, 3.63) is 71.3 Å². The van der Waals surface area contributed by atoms with Crippen molar-refractivity contribution in [3.63, 3.8) is 0 Å². The average molecular weight is 379 g/mol. The number of benzene rings is 2. The van der Waals surface area contributed by atoms with Gasteiger partial charge in [-0.2, -0.15) is 5.10 Å². The Balaban J connectivity index is 1.47. The van der Waals surface area contributed by atoms with Crippen molar-refractivity contribution in [2.24, 2.45) is 11.0 Å². The van der Waals surface area contributed by atoms with Crippen LogP contribution in [0.3, 0.4) is 0 Å². The average Bonchev–Trinajstić information content (AvgIpc) is 2.74. The van der Waals surface area contributed by atoms with E-state index in [0.29, 0.717) is 37.1 Å². The zero-order valence-electron chi connectivity index (χ0n) is 15.2. The Morgan fingerprint density at radius 1 is 0.964 bits per heavy atom. The van der Waals surface area contributed by atoms with Crippen LogP contribution in [0.5, 0.6) is 0 Å². The molecule has 3 rings (SSSR count). The molecule has 0 aliphatic carbocycles. The highest BCUT2D eigenvalue weighted by Gasteiger charge is 2.27. The Morgan fingerprint density at radius 3 is 2.21 bits per heavy atom. The van der Waals surface area contributed by atoms with Crippen LogP contribution in [0.2, 0.25) is 0 Å². The zero-order valence-corrected chi connectivity index (χ0v) is 15.2. The lowest BCUT2D eigenvalue weighted by atomic mass is 9.95. The van der Waals surface area contributed by atoms with Crippen LogP contribution in [-0.2, 0) is 4.79 Å². The van der Waals surface area contributed by atoms with Crippen LogP contribution in [0.25, 0.3) is 0 Å². The molecule has 0 aromatic heterocycles. The number of carbonyl (C=O) groups is 3. The topological polar surface area (TPSA) is 99.1 Å². The van der Waals surface area contributed by atoms with Gasteiger partial charge >= 0.3 is 5.97 Å². The molecule has 0 atom stereocenters. The first kappa shape index (κ1) is 19.3. The first-order chi connectivity index (χ1) is 13.5. The number of hydrogen-bond acceptors (Lipinski definition) is 4. The SMILES string of the molecule is O=C(O)c1ccc(/C=N\NC(=O)C2CCN(C(=O)c3ccccc3)CC2)cc1. The summed E-state index contributed by atoms with van der Waals surface area (Å²) < 4.78 is 0. The fourth-order valence-corrected chi connectivity index (χ4v) is 3.08. The maximum absolute atomic E-state index is 12.4. The maximum Gasteiger partial charge on any atom is 0.335 e. The highest BCUT2D eigenvalue weighted by molar-refractivity contribution is 5.94. The van der Waals surface area contributed by atoms with Crippen LogP contribution in [0.15, 0.2) is 59.7 Å². The number of rotatable bonds is 5. The molecular formula is C21H21N3O4. The Kier molecular flexibility index (Phi) is 6.16. The number of amides is 2. The molecule has 28 heavy (non-hydrogen) atoms. The highest BCUT2D eigenvalue weighted by atomic mass is 16.4. The number of carboxylic acids is 1. The predicted octanol–water partition coefficient (Wildman–Crippen LogP) is 2.39. The Hall–Kier alpha value is -3.48. The monoisotopic (exact) mass is 379 g/mol. The molecule has 2 amide bonds. The van der Waals surface area contributed by atoms with Crippen molar-refractivity contribution in [2.45, 2.75) is 12.8 Å². The third kappa shape index (κ3) is 4.82. The van der Waals surface area contributed by atoms with Crippen LogP contribution in [0.4, 0.5) is 0 Å². The number of carbonyl (C=O) groups excluding carboxylic acids is 2. The van der Waals surface area contributed by atoms with E-state index in [1.54, 1.807) is 29.2 Å². The predicted molar refractivity (Wildman–Crippen MR) is 104 cm³/mol. The van der Waals surface area contributed by atoms with Crippen molar-refractivity contribution < 1.29 is 19.5 Å². The summed E-state index contributed by atoms with van der Waals surface area (Å²) in [5.74, 6) is -1.37. The molecule has 1 aliphatic heterocycles. The maximum atomic E-state index is 12.4. The highest BCUT2D eigenvalue weighted by Crippen LogP contribution is 2.19. The summed E-state index contributed by atoms with van der Waals surface area (Å²) in [5, 5.41) is 12.8. The number of hydrazone groups is 1. The third-order valence-electron chi connectivity index (χ3n) is 4.72. The standard InChI is InChI=1S/C21H21N3O4/c25-19(23-22-14-15-6-8-18(9-7-15)21(27)28)16-10-12-24(13-11-16)20(26)17-4-2-1-3-5-17/h1-9,14,16H,10-13H2,(H,23,25)(H,27,28)/b22-14-. The van der Waals surface area contributed by atoms with Crippen molar-refractivity contribution >= 4 is 24.0 Å². The third-order valence-corrected chi connectivity index (χ3v) is 4.72. The van der Waals surface area contributed by atoms with Crippen molar-refractivity contribution in [1.82, 2.24) is 10.3 Å². The van der Waals surface area contributed by atoms with Gasteiger partial charge in [0.05, 0.1) is 11.8 Å². The van der Waals surface area contributed by atoms with Gasteiger partial charge in [-0.25, -0.2) is 10.2 Å². The summed E-state index contributed by atoms with van der Waals surface area (Å²) in [6, 6.07) is 15.3. The summed E-state index contributed by atoms with van der Waals surface area (Å²) in [7, 11) is 0. The van der Waals surface area contributed by atoms with Gasteiger partial charge in [0.25, 0.3) is 5.91 Å². The van der Waals surface area contributed by atoms with E-state index >= 15 is 0 Å². The number of nitrogens with zero attached hydrogens (tertiary/aromatic N) is 2. The first-order valence-corrected chi connectivity index (χ1v) is 9.05. The van der Waals surface area contributed by atoms with Crippen LogP contribution < -0.4 is 5.43 Å².